The second kappa shape index (κ2) is 6.62. The van der Waals surface area contributed by atoms with Gasteiger partial charge in [0.1, 0.15) is 0 Å². The molecular formula is C13H23NO3. The molecule has 1 aliphatic rings. The van der Waals surface area contributed by atoms with Crippen LogP contribution in [0.1, 0.15) is 52.4 Å². The molecule has 1 atom stereocenters. The normalized spacial score (nSPS) is 26.2. The SMILES string of the molecule is CCCC(C)NC(=O)C1CCC(C(=O)O)CC1. The van der Waals surface area contributed by atoms with Crippen molar-refractivity contribution >= 4 is 11.9 Å². The van der Waals surface area contributed by atoms with Gasteiger partial charge < -0.3 is 10.4 Å². The average Bonchev–Trinajstić information content (AvgIpc) is 2.29. The Bertz CT molecular complexity index is 270. The van der Waals surface area contributed by atoms with Crippen LogP contribution >= 0.6 is 0 Å². The molecule has 0 spiro atoms. The fourth-order valence-electron chi connectivity index (χ4n) is 2.47. The van der Waals surface area contributed by atoms with E-state index >= 15 is 0 Å². The van der Waals surface area contributed by atoms with Crippen molar-refractivity contribution in [3.63, 3.8) is 0 Å². The van der Waals surface area contributed by atoms with Gasteiger partial charge in [-0.25, -0.2) is 0 Å². The zero-order chi connectivity index (χ0) is 12.8. The van der Waals surface area contributed by atoms with Crippen molar-refractivity contribution in [1.29, 1.82) is 0 Å². The van der Waals surface area contributed by atoms with E-state index in [0.717, 1.165) is 12.8 Å². The smallest absolute Gasteiger partial charge is 0.306 e. The van der Waals surface area contributed by atoms with E-state index in [1.54, 1.807) is 0 Å². The van der Waals surface area contributed by atoms with Crippen molar-refractivity contribution in [3.05, 3.63) is 0 Å². The van der Waals surface area contributed by atoms with Gasteiger partial charge >= 0.3 is 5.97 Å². The minimum Gasteiger partial charge on any atom is -0.481 e. The van der Waals surface area contributed by atoms with Crippen LogP contribution < -0.4 is 5.32 Å². The van der Waals surface area contributed by atoms with Gasteiger partial charge in [-0.05, 0) is 39.0 Å². The van der Waals surface area contributed by atoms with E-state index < -0.39 is 5.97 Å². The van der Waals surface area contributed by atoms with E-state index in [9.17, 15) is 9.59 Å². The zero-order valence-corrected chi connectivity index (χ0v) is 10.7. The predicted molar refractivity (Wildman–Crippen MR) is 65.6 cm³/mol. The average molecular weight is 241 g/mol. The van der Waals surface area contributed by atoms with Crippen LogP contribution in [0.2, 0.25) is 0 Å². The van der Waals surface area contributed by atoms with Crippen molar-refractivity contribution in [2.75, 3.05) is 0 Å². The first-order valence-corrected chi connectivity index (χ1v) is 6.57. The number of carbonyl (C=O) groups is 2. The second-order valence-electron chi connectivity index (χ2n) is 5.09. The third kappa shape index (κ3) is 4.36. The minimum absolute atomic E-state index is 0.0184. The summed E-state index contributed by atoms with van der Waals surface area (Å²) in [5, 5.41) is 11.9. The lowest BCUT2D eigenvalue weighted by atomic mass is 9.81. The number of amides is 1. The van der Waals surface area contributed by atoms with E-state index in [4.69, 9.17) is 5.11 Å². The number of nitrogens with one attached hydrogen (secondary N) is 1. The molecule has 17 heavy (non-hydrogen) atoms. The summed E-state index contributed by atoms with van der Waals surface area (Å²) < 4.78 is 0. The summed E-state index contributed by atoms with van der Waals surface area (Å²) in [5.41, 5.74) is 0. The molecule has 1 rings (SSSR count). The van der Waals surface area contributed by atoms with Crippen LogP contribution in [0.25, 0.3) is 0 Å². The van der Waals surface area contributed by atoms with E-state index in [0.29, 0.717) is 25.7 Å². The Morgan fingerprint density at radius 3 is 2.24 bits per heavy atom. The molecule has 98 valence electrons. The topological polar surface area (TPSA) is 66.4 Å². The van der Waals surface area contributed by atoms with Gasteiger partial charge in [0.2, 0.25) is 5.91 Å². The van der Waals surface area contributed by atoms with Crippen LogP contribution in [0.15, 0.2) is 0 Å². The van der Waals surface area contributed by atoms with Gasteiger partial charge in [-0.3, -0.25) is 9.59 Å². The number of carbonyl (C=O) groups excluding carboxylic acids is 1. The lowest BCUT2D eigenvalue weighted by Gasteiger charge is -2.26. The maximum Gasteiger partial charge on any atom is 0.306 e. The van der Waals surface area contributed by atoms with Gasteiger partial charge in [0, 0.05) is 12.0 Å². The summed E-state index contributed by atoms with van der Waals surface area (Å²) in [6.45, 7) is 4.12. The van der Waals surface area contributed by atoms with Gasteiger partial charge in [0.15, 0.2) is 0 Å². The van der Waals surface area contributed by atoms with E-state index in [2.05, 4.69) is 12.2 Å². The van der Waals surface area contributed by atoms with Gasteiger partial charge in [-0.2, -0.15) is 0 Å². The number of rotatable bonds is 5. The molecule has 1 fully saturated rings. The molecule has 1 unspecified atom stereocenters. The summed E-state index contributed by atoms with van der Waals surface area (Å²) in [4.78, 5) is 22.7. The first-order valence-electron chi connectivity index (χ1n) is 6.57. The Balaban J connectivity index is 2.33. The molecule has 0 aromatic heterocycles. The number of carboxylic acid groups (broad SMARTS) is 1. The zero-order valence-electron chi connectivity index (χ0n) is 10.7. The number of hydrogen-bond donors (Lipinski definition) is 2. The quantitative estimate of drug-likeness (QED) is 0.775. The number of hydrogen-bond acceptors (Lipinski definition) is 2. The Morgan fingerprint density at radius 1 is 1.24 bits per heavy atom. The van der Waals surface area contributed by atoms with Crippen LogP contribution in [0.3, 0.4) is 0 Å². The molecule has 1 saturated carbocycles. The standard InChI is InChI=1S/C13H23NO3/c1-3-4-9(2)14-12(15)10-5-7-11(8-6-10)13(16)17/h9-11H,3-8H2,1-2H3,(H,14,15)(H,16,17). The second-order valence-corrected chi connectivity index (χ2v) is 5.09. The van der Waals surface area contributed by atoms with Gasteiger partial charge in [-0.15, -0.1) is 0 Å². The molecule has 4 nitrogen and oxygen atoms in total. The first kappa shape index (κ1) is 14.0. The van der Waals surface area contributed by atoms with E-state index in [-0.39, 0.29) is 23.8 Å². The van der Waals surface area contributed by atoms with Crippen LogP contribution in [-0.2, 0) is 9.59 Å². The fraction of sp³-hybridized carbons (Fsp3) is 0.846. The summed E-state index contributed by atoms with van der Waals surface area (Å²) >= 11 is 0. The maximum absolute atomic E-state index is 11.9. The number of aliphatic carboxylic acids is 1. The lowest BCUT2D eigenvalue weighted by Crippen LogP contribution is -2.39. The van der Waals surface area contributed by atoms with Crippen LogP contribution in [0.5, 0.6) is 0 Å². The van der Waals surface area contributed by atoms with E-state index in [1.807, 2.05) is 6.92 Å². The highest BCUT2D eigenvalue weighted by molar-refractivity contribution is 5.79. The predicted octanol–water partition coefficient (Wildman–Crippen LogP) is 2.18. The van der Waals surface area contributed by atoms with Crippen molar-refractivity contribution < 1.29 is 14.7 Å². The molecule has 0 aromatic rings. The van der Waals surface area contributed by atoms with Crippen molar-refractivity contribution in [1.82, 2.24) is 5.32 Å². The Morgan fingerprint density at radius 2 is 1.76 bits per heavy atom. The highest BCUT2D eigenvalue weighted by Gasteiger charge is 2.29. The molecule has 0 aromatic carbocycles. The van der Waals surface area contributed by atoms with Crippen molar-refractivity contribution in [2.24, 2.45) is 11.8 Å². The minimum atomic E-state index is -0.719. The molecule has 2 N–H and O–H groups in total. The lowest BCUT2D eigenvalue weighted by molar-refractivity contribution is -0.144. The largest absolute Gasteiger partial charge is 0.481 e. The summed E-state index contributed by atoms with van der Waals surface area (Å²) in [7, 11) is 0. The van der Waals surface area contributed by atoms with Gasteiger partial charge in [0.25, 0.3) is 0 Å². The van der Waals surface area contributed by atoms with Crippen LogP contribution in [0.4, 0.5) is 0 Å². The summed E-state index contributed by atoms with van der Waals surface area (Å²) in [6.07, 6.45) is 4.75. The van der Waals surface area contributed by atoms with Crippen molar-refractivity contribution in [2.45, 2.75) is 58.4 Å². The highest BCUT2D eigenvalue weighted by atomic mass is 16.4. The highest BCUT2D eigenvalue weighted by Crippen LogP contribution is 2.29. The molecule has 0 bridgehead atoms. The summed E-state index contributed by atoms with van der Waals surface area (Å²) in [5.74, 6) is -0.838. The Hall–Kier alpha value is -1.06. The molecule has 1 aliphatic carbocycles. The molecule has 0 saturated heterocycles. The molecule has 1 amide bonds. The third-order valence-electron chi connectivity index (χ3n) is 3.56. The van der Waals surface area contributed by atoms with Crippen LogP contribution in [0, 0.1) is 11.8 Å². The number of carboxylic acids is 1. The Labute approximate surface area is 103 Å². The molecule has 0 radical (unpaired) electrons. The molecular weight excluding hydrogens is 218 g/mol. The van der Waals surface area contributed by atoms with Crippen LogP contribution in [-0.4, -0.2) is 23.0 Å². The van der Waals surface area contributed by atoms with Crippen molar-refractivity contribution in [3.8, 4) is 0 Å². The van der Waals surface area contributed by atoms with Gasteiger partial charge in [0.05, 0.1) is 5.92 Å². The summed E-state index contributed by atoms with van der Waals surface area (Å²) in [6, 6.07) is 0.227. The van der Waals surface area contributed by atoms with Gasteiger partial charge in [-0.1, -0.05) is 13.3 Å². The molecule has 0 aliphatic heterocycles. The maximum atomic E-state index is 11.9. The fourth-order valence-corrected chi connectivity index (χ4v) is 2.47. The first-order chi connectivity index (χ1) is 8.04. The van der Waals surface area contributed by atoms with E-state index in [1.165, 1.54) is 0 Å². The molecule has 4 heteroatoms. The monoisotopic (exact) mass is 241 g/mol. The third-order valence-corrected chi connectivity index (χ3v) is 3.56. The molecule has 0 heterocycles. The Kier molecular flexibility index (Phi) is 5.45.